The largest absolute Gasteiger partial charge is 0.396 e. The van der Waals surface area contributed by atoms with Crippen LogP contribution in [0.4, 0.5) is 0 Å². The second-order valence-corrected chi connectivity index (χ2v) is 13.8. The standard InChI is InChI=1S/C40H82O.C/c1-2-3-4-5-6-7-8-9-10-11-12-13-14-15-16-17-18-19-20-21-22-23-24-25-26-27-28-29-30-31-32-33-34-35-36-37-38-39-40-41;/h41H,2-40H2,1H3;. The van der Waals surface area contributed by atoms with Gasteiger partial charge in [0, 0.05) is 14.0 Å². The van der Waals surface area contributed by atoms with E-state index in [4.69, 9.17) is 5.11 Å². The number of aliphatic hydroxyl groups is 1. The summed E-state index contributed by atoms with van der Waals surface area (Å²) in [5.74, 6) is 0. The van der Waals surface area contributed by atoms with Gasteiger partial charge in [-0.05, 0) is 6.42 Å². The fourth-order valence-corrected chi connectivity index (χ4v) is 6.55. The van der Waals surface area contributed by atoms with Crippen LogP contribution in [0.5, 0.6) is 0 Å². The minimum atomic E-state index is 0. The minimum Gasteiger partial charge on any atom is -0.396 e. The average Bonchev–Trinajstić information content (AvgIpc) is 2.98. The Balaban J connectivity index is 0. The molecule has 42 heavy (non-hydrogen) atoms. The lowest BCUT2D eigenvalue weighted by Crippen LogP contribution is -1.85. The molecule has 252 valence electrons. The Hall–Kier alpha value is -0.0400. The molecule has 0 aromatic heterocycles. The lowest BCUT2D eigenvalue weighted by Gasteiger charge is -2.05. The first-order valence-electron chi connectivity index (χ1n) is 20.0. The van der Waals surface area contributed by atoms with Gasteiger partial charge in [0.2, 0.25) is 0 Å². The van der Waals surface area contributed by atoms with Crippen molar-refractivity contribution >= 4 is 0 Å². The summed E-state index contributed by atoms with van der Waals surface area (Å²) in [6.07, 6.45) is 55.0. The predicted octanol–water partition coefficient (Wildman–Crippen LogP) is 14.9. The van der Waals surface area contributed by atoms with Gasteiger partial charge in [-0.15, -0.1) is 0 Å². The molecular formula is C41H82O. The second-order valence-electron chi connectivity index (χ2n) is 13.8. The van der Waals surface area contributed by atoms with Gasteiger partial charge < -0.3 is 5.11 Å². The van der Waals surface area contributed by atoms with Crippen LogP contribution >= 0.6 is 0 Å². The fraction of sp³-hybridized carbons (Fsp3) is 0.976. The van der Waals surface area contributed by atoms with Crippen molar-refractivity contribution in [3.63, 3.8) is 0 Å². The van der Waals surface area contributed by atoms with E-state index >= 15 is 0 Å². The van der Waals surface area contributed by atoms with Crippen molar-refractivity contribution in [2.24, 2.45) is 0 Å². The van der Waals surface area contributed by atoms with Gasteiger partial charge in [0.25, 0.3) is 0 Å². The molecule has 0 spiro atoms. The van der Waals surface area contributed by atoms with Crippen LogP contribution in [-0.4, -0.2) is 11.7 Å². The van der Waals surface area contributed by atoms with E-state index in [1.165, 1.54) is 238 Å². The van der Waals surface area contributed by atoms with E-state index in [1.54, 1.807) is 0 Å². The van der Waals surface area contributed by atoms with Crippen molar-refractivity contribution in [2.75, 3.05) is 6.61 Å². The molecule has 1 nitrogen and oxygen atoms in total. The quantitative estimate of drug-likeness (QED) is 0.0709. The maximum absolute atomic E-state index is 8.79. The normalized spacial score (nSPS) is 11.3. The first kappa shape index (κ1) is 44.1. The van der Waals surface area contributed by atoms with Gasteiger partial charge >= 0.3 is 0 Å². The van der Waals surface area contributed by atoms with E-state index in [0.29, 0.717) is 6.61 Å². The van der Waals surface area contributed by atoms with Crippen molar-refractivity contribution < 1.29 is 5.11 Å². The molecule has 0 saturated heterocycles. The first-order valence-corrected chi connectivity index (χ1v) is 20.0. The number of hydrogen-bond donors (Lipinski definition) is 1. The predicted molar refractivity (Wildman–Crippen MR) is 191 cm³/mol. The second kappa shape index (κ2) is 43.1. The Kier molecular flexibility index (Phi) is 45.2. The summed E-state index contributed by atoms with van der Waals surface area (Å²) in [5, 5.41) is 8.79. The highest BCUT2D eigenvalue weighted by Gasteiger charge is 1.97. The number of unbranched alkanes of at least 4 members (excludes halogenated alkanes) is 37. The molecule has 0 aromatic rings. The van der Waals surface area contributed by atoms with Crippen LogP contribution in [0.15, 0.2) is 0 Å². The van der Waals surface area contributed by atoms with Crippen LogP contribution < -0.4 is 0 Å². The molecule has 0 aliphatic heterocycles. The summed E-state index contributed by atoms with van der Waals surface area (Å²) in [4.78, 5) is 0. The van der Waals surface area contributed by atoms with E-state index in [9.17, 15) is 0 Å². The number of aliphatic hydroxyl groups excluding tert-OH is 1. The lowest BCUT2D eigenvalue weighted by molar-refractivity contribution is 0.282. The molecule has 0 bridgehead atoms. The molecule has 0 aromatic carbocycles. The third kappa shape index (κ3) is 42.1. The zero-order chi connectivity index (χ0) is 29.6. The SMILES string of the molecule is CCCCCCCCCCCCCCCCCCCCCCCCCCCCCCCCCCCCCCCCO.[C]. The van der Waals surface area contributed by atoms with Crippen LogP contribution in [0, 0.1) is 7.43 Å². The van der Waals surface area contributed by atoms with Crippen molar-refractivity contribution in [3.8, 4) is 0 Å². The van der Waals surface area contributed by atoms with Gasteiger partial charge in [-0.2, -0.15) is 0 Å². The van der Waals surface area contributed by atoms with Crippen LogP contribution in [0.25, 0.3) is 0 Å². The highest BCUT2D eigenvalue weighted by Crippen LogP contribution is 2.17. The van der Waals surface area contributed by atoms with E-state index in [1.807, 2.05) is 0 Å². The summed E-state index contributed by atoms with van der Waals surface area (Å²) in [6, 6.07) is 0. The average molecular weight is 591 g/mol. The van der Waals surface area contributed by atoms with Crippen molar-refractivity contribution in [1.82, 2.24) is 0 Å². The number of rotatable bonds is 38. The van der Waals surface area contributed by atoms with Crippen LogP contribution in [0.3, 0.4) is 0 Å². The summed E-state index contributed by atoms with van der Waals surface area (Å²) >= 11 is 0. The van der Waals surface area contributed by atoms with Gasteiger partial charge in [-0.3, -0.25) is 0 Å². The smallest absolute Gasteiger partial charge is 0.0431 e. The maximum Gasteiger partial charge on any atom is 0.0431 e. The van der Waals surface area contributed by atoms with Gasteiger partial charge in [0.15, 0.2) is 0 Å². The molecule has 0 aliphatic carbocycles. The Morgan fingerprint density at radius 1 is 0.214 bits per heavy atom. The van der Waals surface area contributed by atoms with Gasteiger partial charge in [0.05, 0.1) is 0 Å². The molecular weight excluding hydrogens is 508 g/mol. The van der Waals surface area contributed by atoms with Crippen molar-refractivity contribution in [3.05, 3.63) is 7.43 Å². The van der Waals surface area contributed by atoms with Crippen LogP contribution in [-0.2, 0) is 0 Å². The summed E-state index contributed by atoms with van der Waals surface area (Å²) in [6.45, 7) is 2.68. The Labute approximate surface area is 269 Å². The fourth-order valence-electron chi connectivity index (χ4n) is 6.55. The summed E-state index contributed by atoms with van der Waals surface area (Å²) < 4.78 is 0. The monoisotopic (exact) mass is 591 g/mol. The highest BCUT2D eigenvalue weighted by molar-refractivity contribution is 4.53. The molecule has 0 fully saturated rings. The molecule has 0 atom stereocenters. The Morgan fingerprint density at radius 2 is 0.333 bits per heavy atom. The molecule has 0 saturated carbocycles. The van der Waals surface area contributed by atoms with Gasteiger partial charge in [0.1, 0.15) is 0 Å². The molecule has 0 amide bonds. The van der Waals surface area contributed by atoms with Gasteiger partial charge in [-0.25, -0.2) is 0 Å². The summed E-state index contributed by atoms with van der Waals surface area (Å²) in [7, 11) is 0. The zero-order valence-electron chi connectivity index (χ0n) is 29.5. The molecule has 1 heteroatoms. The molecule has 0 aliphatic rings. The number of hydrogen-bond acceptors (Lipinski definition) is 1. The minimum absolute atomic E-state index is 0. The Bertz CT molecular complexity index is 381. The third-order valence-corrected chi connectivity index (χ3v) is 9.51. The van der Waals surface area contributed by atoms with Crippen LogP contribution in [0.1, 0.15) is 251 Å². The molecule has 0 rings (SSSR count). The maximum atomic E-state index is 8.79. The van der Waals surface area contributed by atoms with Crippen LogP contribution in [0.2, 0.25) is 0 Å². The van der Waals surface area contributed by atoms with E-state index in [0.717, 1.165) is 6.42 Å². The lowest BCUT2D eigenvalue weighted by atomic mass is 10.0. The first-order chi connectivity index (χ1) is 20.4. The highest BCUT2D eigenvalue weighted by atomic mass is 16.2. The summed E-state index contributed by atoms with van der Waals surface area (Å²) in [5.41, 5.74) is 0. The molecule has 0 heterocycles. The topological polar surface area (TPSA) is 20.2 Å². The third-order valence-electron chi connectivity index (χ3n) is 9.51. The molecule has 0 unspecified atom stereocenters. The zero-order valence-corrected chi connectivity index (χ0v) is 29.5. The van der Waals surface area contributed by atoms with E-state index in [-0.39, 0.29) is 7.43 Å². The van der Waals surface area contributed by atoms with Gasteiger partial charge in [-0.1, -0.05) is 244 Å². The van der Waals surface area contributed by atoms with Crippen molar-refractivity contribution in [2.45, 2.75) is 251 Å². The van der Waals surface area contributed by atoms with E-state index < -0.39 is 0 Å². The molecule has 4 radical (unpaired) electrons. The molecule has 1 N–H and O–H groups in total. The van der Waals surface area contributed by atoms with Crippen molar-refractivity contribution in [1.29, 1.82) is 0 Å². The Morgan fingerprint density at radius 3 is 0.452 bits per heavy atom. The van der Waals surface area contributed by atoms with E-state index in [2.05, 4.69) is 6.92 Å².